The Labute approximate surface area is 174 Å². The van der Waals surface area contributed by atoms with Crippen LogP contribution in [0.4, 0.5) is 0 Å². The number of nitrogens with zero attached hydrogens (tertiary/aromatic N) is 2. The van der Waals surface area contributed by atoms with E-state index in [1.807, 2.05) is 30.3 Å². The van der Waals surface area contributed by atoms with E-state index in [-0.39, 0.29) is 12.4 Å². The number of ether oxygens (including phenoxy) is 1. The van der Waals surface area contributed by atoms with Crippen molar-refractivity contribution in [3.05, 3.63) is 30.9 Å². The molecule has 0 aliphatic rings. The normalized spacial score (nSPS) is 11.2. The first-order valence-electron chi connectivity index (χ1n) is 11.1. The number of hydrogen-bond acceptors (Lipinski definition) is 1. The predicted octanol–water partition coefficient (Wildman–Crippen LogP) is 3.33. The molecule has 0 radical (unpaired) electrons. The number of rotatable bonds is 18. The average Bonchev–Trinajstić information content (AvgIpc) is 3.06. The molecule has 0 fully saturated rings. The number of allylic oxidation sites excluding steroid dienone is 2. The van der Waals surface area contributed by atoms with Gasteiger partial charge in [-0.05, 0) is 32.1 Å². The Bertz CT molecular complexity index is 445. The zero-order valence-corrected chi connectivity index (χ0v) is 18.6. The molecule has 1 aromatic heterocycles. The van der Waals surface area contributed by atoms with Gasteiger partial charge in [-0.1, -0.05) is 76.9 Å². The van der Waals surface area contributed by atoms with Gasteiger partial charge < -0.3 is 17.1 Å². The third-order valence-electron chi connectivity index (χ3n) is 4.86. The molecule has 0 aliphatic carbocycles. The van der Waals surface area contributed by atoms with Gasteiger partial charge >= 0.3 is 0 Å². The molecule has 158 valence electrons. The van der Waals surface area contributed by atoms with Gasteiger partial charge in [0.15, 0.2) is 6.73 Å². The Kier molecular flexibility index (Phi) is 19.4. The van der Waals surface area contributed by atoms with Gasteiger partial charge in [0.1, 0.15) is 12.4 Å². The van der Waals surface area contributed by atoms with Crippen molar-refractivity contribution in [1.29, 1.82) is 0 Å². The van der Waals surface area contributed by atoms with Crippen LogP contribution in [0.1, 0.15) is 96.8 Å². The lowest BCUT2D eigenvalue weighted by molar-refractivity contribution is -0.671. The van der Waals surface area contributed by atoms with Crippen molar-refractivity contribution in [3.63, 3.8) is 0 Å². The van der Waals surface area contributed by atoms with Gasteiger partial charge in [-0.2, -0.15) is 0 Å². The Balaban J connectivity index is 0.00000676. The second-order valence-corrected chi connectivity index (χ2v) is 7.57. The zero-order chi connectivity index (χ0) is 18.7. The molecule has 27 heavy (non-hydrogen) atoms. The molecule has 1 rings (SSSR count). The molecule has 0 amide bonds. The highest BCUT2D eigenvalue weighted by atomic mass is 35.5. The highest BCUT2D eigenvalue weighted by molar-refractivity contribution is 4.81. The molecule has 0 unspecified atom stereocenters. The predicted molar refractivity (Wildman–Crippen MR) is 111 cm³/mol. The van der Waals surface area contributed by atoms with E-state index in [1.54, 1.807) is 0 Å². The Hall–Kier alpha value is -0.800. The number of hydrogen-bond donors (Lipinski definition) is 0. The third kappa shape index (κ3) is 17.1. The Morgan fingerprint density at radius 3 is 1.93 bits per heavy atom. The van der Waals surface area contributed by atoms with E-state index in [4.69, 9.17) is 4.74 Å². The summed E-state index contributed by atoms with van der Waals surface area (Å²) in [6.07, 6.45) is 29.8. The lowest BCUT2D eigenvalue weighted by atomic mass is 10.1. The highest BCUT2D eigenvalue weighted by Gasteiger charge is 1.99. The van der Waals surface area contributed by atoms with Crippen molar-refractivity contribution < 1.29 is 21.7 Å². The maximum Gasteiger partial charge on any atom is 0.245 e. The molecule has 0 aromatic carbocycles. The van der Waals surface area contributed by atoms with Crippen molar-refractivity contribution in [1.82, 2.24) is 4.57 Å². The van der Waals surface area contributed by atoms with Crippen molar-refractivity contribution >= 4 is 0 Å². The molecule has 0 spiro atoms. The maximum atomic E-state index is 5.69. The zero-order valence-electron chi connectivity index (χ0n) is 17.9. The molecule has 0 N–H and O–H groups in total. The quantitative estimate of drug-likeness (QED) is 0.211. The van der Waals surface area contributed by atoms with Gasteiger partial charge in [-0.15, -0.1) is 0 Å². The summed E-state index contributed by atoms with van der Waals surface area (Å²) in [7, 11) is 2.03. The fraction of sp³-hybridized carbons (Fsp3) is 0.783. The largest absolute Gasteiger partial charge is 1.00 e. The lowest BCUT2D eigenvalue weighted by Gasteiger charge is -2.02. The van der Waals surface area contributed by atoms with Gasteiger partial charge in [0.05, 0.1) is 13.7 Å². The third-order valence-corrected chi connectivity index (χ3v) is 4.86. The van der Waals surface area contributed by atoms with Gasteiger partial charge in [-0.3, -0.25) is 0 Å². The van der Waals surface area contributed by atoms with E-state index in [0.717, 1.165) is 6.61 Å². The van der Waals surface area contributed by atoms with Crippen LogP contribution in [0.25, 0.3) is 0 Å². The van der Waals surface area contributed by atoms with Crippen molar-refractivity contribution in [3.8, 4) is 0 Å². The Morgan fingerprint density at radius 1 is 0.815 bits per heavy atom. The molecular weight excluding hydrogens is 356 g/mol. The van der Waals surface area contributed by atoms with Crippen molar-refractivity contribution in [2.45, 2.75) is 104 Å². The second-order valence-electron chi connectivity index (χ2n) is 7.57. The van der Waals surface area contributed by atoms with E-state index in [2.05, 4.69) is 23.6 Å². The summed E-state index contributed by atoms with van der Waals surface area (Å²) in [5.74, 6) is 0. The number of unbranched alkanes of at least 4 members (excludes halogenated alkanes) is 12. The number of aryl methyl sites for hydroxylation is 1. The van der Waals surface area contributed by atoms with Crippen molar-refractivity contribution in [2.24, 2.45) is 7.05 Å². The molecule has 3 nitrogen and oxygen atoms in total. The molecule has 1 heterocycles. The number of imidazole rings is 1. The standard InChI is InChI=1S/C23H43N2O.ClH/c1-3-4-5-6-7-8-9-10-11-12-13-14-15-16-17-18-21-26-23-25-20-19-24(2)22-25;/h10-11,19-20,22H,3-9,12-18,21,23H2,1-2H3;1H/q+1;/p-1. The van der Waals surface area contributed by atoms with E-state index in [1.165, 1.54) is 89.9 Å². The first-order chi connectivity index (χ1) is 12.8. The summed E-state index contributed by atoms with van der Waals surface area (Å²) < 4.78 is 9.80. The second kappa shape index (κ2) is 19.9. The fourth-order valence-corrected chi connectivity index (χ4v) is 3.20. The van der Waals surface area contributed by atoms with Gasteiger partial charge in [0, 0.05) is 0 Å². The first-order valence-corrected chi connectivity index (χ1v) is 11.1. The molecule has 1 aromatic rings. The van der Waals surface area contributed by atoms with E-state index in [9.17, 15) is 0 Å². The minimum atomic E-state index is 0. The average molecular weight is 399 g/mol. The monoisotopic (exact) mass is 398 g/mol. The van der Waals surface area contributed by atoms with Crippen LogP contribution in [-0.2, 0) is 18.5 Å². The van der Waals surface area contributed by atoms with Gasteiger partial charge in [0.2, 0.25) is 6.33 Å². The van der Waals surface area contributed by atoms with Gasteiger partial charge in [0.25, 0.3) is 0 Å². The number of aromatic nitrogens is 2. The van der Waals surface area contributed by atoms with Crippen LogP contribution in [0.3, 0.4) is 0 Å². The smallest absolute Gasteiger partial charge is 0.245 e. The van der Waals surface area contributed by atoms with Crippen LogP contribution in [0.15, 0.2) is 30.9 Å². The Morgan fingerprint density at radius 2 is 1.37 bits per heavy atom. The van der Waals surface area contributed by atoms with Gasteiger partial charge in [-0.25, -0.2) is 9.13 Å². The summed E-state index contributed by atoms with van der Waals surface area (Å²) in [5, 5.41) is 0. The summed E-state index contributed by atoms with van der Waals surface area (Å²) in [5.41, 5.74) is 0. The fourth-order valence-electron chi connectivity index (χ4n) is 3.20. The van der Waals surface area contributed by atoms with Crippen LogP contribution in [0.2, 0.25) is 0 Å². The molecular formula is C23H43ClN2O. The maximum absolute atomic E-state index is 5.69. The molecule has 0 bridgehead atoms. The summed E-state index contributed by atoms with van der Waals surface area (Å²) in [4.78, 5) is 0. The molecule has 0 saturated heterocycles. The minimum absolute atomic E-state index is 0. The first kappa shape index (κ1) is 26.2. The van der Waals surface area contributed by atoms with Crippen LogP contribution in [0.5, 0.6) is 0 Å². The van der Waals surface area contributed by atoms with E-state index in [0.29, 0.717) is 6.73 Å². The molecule has 4 heteroatoms. The molecule has 0 aliphatic heterocycles. The SMILES string of the molecule is CCCCCCCCC=CCCCCCCCCOCn1cc[n+](C)c1.[Cl-]. The summed E-state index contributed by atoms with van der Waals surface area (Å²) >= 11 is 0. The highest BCUT2D eigenvalue weighted by Crippen LogP contribution is 2.10. The van der Waals surface area contributed by atoms with E-state index >= 15 is 0 Å². The summed E-state index contributed by atoms with van der Waals surface area (Å²) in [6, 6.07) is 0. The number of halogens is 1. The topological polar surface area (TPSA) is 18.0 Å². The van der Waals surface area contributed by atoms with E-state index < -0.39 is 0 Å². The molecule has 0 atom stereocenters. The summed E-state index contributed by atoms with van der Waals surface area (Å²) in [6.45, 7) is 3.83. The minimum Gasteiger partial charge on any atom is -1.00 e. The van der Waals surface area contributed by atoms with Crippen LogP contribution < -0.4 is 17.0 Å². The lowest BCUT2D eigenvalue weighted by Crippen LogP contribution is -3.00. The van der Waals surface area contributed by atoms with Crippen molar-refractivity contribution in [2.75, 3.05) is 6.61 Å². The molecule has 0 saturated carbocycles. The van der Waals surface area contributed by atoms with Crippen LogP contribution >= 0.6 is 0 Å². The van der Waals surface area contributed by atoms with Crippen LogP contribution in [-0.4, -0.2) is 11.2 Å². The van der Waals surface area contributed by atoms with Crippen LogP contribution in [0, 0.1) is 0 Å².